The van der Waals surface area contributed by atoms with Gasteiger partial charge in [-0.2, -0.15) is 0 Å². The van der Waals surface area contributed by atoms with Gasteiger partial charge in [0, 0.05) is 19.1 Å². The standard InChI is InChI=1S/C15H25N3O2S/c1-4-7-12-13(14(19)20)21-15(16-12)18-9-8-11(10-18)17(5-2)6-3/h11H,4-10H2,1-3H3,(H,19,20). The zero-order chi connectivity index (χ0) is 15.4. The molecule has 2 heterocycles. The molecular weight excluding hydrogens is 286 g/mol. The second-order valence-corrected chi connectivity index (χ2v) is 6.41. The molecule has 1 fully saturated rings. The number of hydrogen-bond acceptors (Lipinski definition) is 5. The summed E-state index contributed by atoms with van der Waals surface area (Å²) in [4.78, 5) is 21.1. The van der Waals surface area contributed by atoms with Crippen LogP contribution in [-0.2, 0) is 6.42 Å². The van der Waals surface area contributed by atoms with Crippen molar-refractivity contribution in [1.29, 1.82) is 0 Å². The number of aromatic carboxylic acids is 1. The van der Waals surface area contributed by atoms with Crippen molar-refractivity contribution in [2.45, 2.75) is 46.1 Å². The van der Waals surface area contributed by atoms with Crippen molar-refractivity contribution >= 4 is 22.4 Å². The molecule has 1 atom stereocenters. The molecule has 0 aliphatic carbocycles. The predicted octanol–water partition coefficient (Wildman–Crippen LogP) is 2.71. The molecular formula is C15H25N3O2S. The highest BCUT2D eigenvalue weighted by molar-refractivity contribution is 7.17. The number of thiazole rings is 1. The number of anilines is 1. The lowest BCUT2D eigenvalue weighted by Crippen LogP contribution is -2.37. The first-order chi connectivity index (χ1) is 10.1. The Labute approximate surface area is 130 Å². The molecule has 2 rings (SSSR count). The van der Waals surface area contributed by atoms with Crippen LogP contribution in [0.25, 0.3) is 0 Å². The number of carboxylic acids is 1. The zero-order valence-electron chi connectivity index (χ0n) is 13.1. The topological polar surface area (TPSA) is 56.7 Å². The molecule has 5 nitrogen and oxygen atoms in total. The van der Waals surface area contributed by atoms with Crippen molar-refractivity contribution in [3.8, 4) is 0 Å². The summed E-state index contributed by atoms with van der Waals surface area (Å²) in [6.07, 6.45) is 2.80. The number of aromatic nitrogens is 1. The third kappa shape index (κ3) is 3.55. The highest BCUT2D eigenvalue weighted by Crippen LogP contribution is 2.30. The second-order valence-electron chi connectivity index (χ2n) is 5.44. The van der Waals surface area contributed by atoms with E-state index in [-0.39, 0.29) is 0 Å². The lowest BCUT2D eigenvalue weighted by atomic mass is 10.2. The molecule has 1 unspecified atom stereocenters. The van der Waals surface area contributed by atoms with E-state index in [9.17, 15) is 9.90 Å². The van der Waals surface area contributed by atoms with Gasteiger partial charge in [0.1, 0.15) is 4.88 Å². The lowest BCUT2D eigenvalue weighted by molar-refractivity contribution is 0.0700. The molecule has 0 amide bonds. The van der Waals surface area contributed by atoms with Crippen LogP contribution in [0.5, 0.6) is 0 Å². The fourth-order valence-electron chi connectivity index (χ4n) is 3.00. The third-order valence-corrected chi connectivity index (χ3v) is 5.28. The highest BCUT2D eigenvalue weighted by Gasteiger charge is 2.29. The number of rotatable bonds is 7. The van der Waals surface area contributed by atoms with Gasteiger partial charge in [-0.05, 0) is 25.9 Å². The van der Waals surface area contributed by atoms with Crippen molar-refractivity contribution in [2.75, 3.05) is 31.1 Å². The Morgan fingerprint density at radius 3 is 2.71 bits per heavy atom. The van der Waals surface area contributed by atoms with Crippen LogP contribution in [-0.4, -0.2) is 53.2 Å². The van der Waals surface area contributed by atoms with Crippen LogP contribution in [0.3, 0.4) is 0 Å². The van der Waals surface area contributed by atoms with Crippen molar-refractivity contribution in [2.24, 2.45) is 0 Å². The number of hydrogen-bond donors (Lipinski definition) is 1. The minimum Gasteiger partial charge on any atom is -0.477 e. The van der Waals surface area contributed by atoms with E-state index < -0.39 is 5.97 Å². The lowest BCUT2D eigenvalue weighted by Gasteiger charge is -2.25. The van der Waals surface area contributed by atoms with E-state index in [1.807, 2.05) is 0 Å². The highest BCUT2D eigenvalue weighted by atomic mass is 32.1. The van der Waals surface area contributed by atoms with Crippen LogP contribution >= 0.6 is 11.3 Å². The van der Waals surface area contributed by atoms with Gasteiger partial charge in [0.25, 0.3) is 0 Å². The molecule has 1 N–H and O–H groups in total. The predicted molar refractivity (Wildman–Crippen MR) is 86.6 cm³/mol. The molecule has 0 saturated carbocycles. The number of nitrogens with zero attached hydrogens (tertiary/aromatic N) is 3. The maximum absolute atomic E-state index is 11.3. The SMILES string of the molecule is CCCc1nc(N2CCC(N(CC)CC)C2)sc1C(=O)O. The Bertz CT molecular complexity index is 485. The van der Waals surface area contributed by atoms with Gasteiger partial charge in [-0.1, -0.05) is 38.5 Å². The normalized spacial score (nSPS) is 18.7. The maximum Gasteiger partial charge on any atom is 0.347 e. The van der Waals surface area contributed by atoms with Crippen LogP contribution in [0.2, 0.25) is 0 Å². The molecule has 1 aromatic rings. The van der Waals surface area contributed by atoms with E-state index in [1.54, 1.807) is 0 Å². The summed E-state index contributed by atoms with van der Waals surface area (Å²) in [5.41, 5.74) is 0.747. The molecule has 1 aromatic heterocycles. The van der Waals surface area contributed by atoms with Gasteiger partial charge in [0.2, 0.25) is 0 Å². The molecule has 0 bridgehead atoms. The summed E-state index contributed by atoms with van der Waals surface area (Å²) in [6.45, 7) is 10.5. The summed E-state index contributed by atoms with van der Waals surface area (Å²) in [5, 5.41) is 10.2. The first kappa shape index (κ1) is 16.2. The summed E-state index contributed by atoms with van der Waals surface area (Å²) in [5.74, 6) is -0.846. The van der Waals surface area contributed by atoms with Gasteiger partial charge >= 0.3 is 5.97 Å². The minimum atomic E-state index is -0.846. The van der Waals surface area contributed by atoms with E-state index >= 15 is 0 Å². The van der Waals surface area contributed by atoms with Crippen molar-refractivity contribution in [3.63, 3.8) is 0 Å². The van der Waals surface area contributed by atoms with Crippen LogP contribution in [0.1, 0.15) is 49.0 Å². The van der Waals surface area contributed by atoms with Crippen LogP contribution in [0.4, 0.5) is 5.13 Å². The Balaban J connectivity index is 2.12. The Kier molecular flexibility index (Phi) is 5.58. The van der Waals surface area contributed by atoms with E-state index in [4.69, 9.17) is 0 Å². The van der Waals surface area contributed by atoms with E-state index in [1.165, 1.54) is 11.3 Å². The largest absolute Gasteiger partial charge is 0.477 e. The quantitative estimate of drug-likeness (QED) is 0.839. The number of carbonyl (C=O) groups is 1. The molecule has 1 aliphatic heterocycles. The molecule has 118 valence electrons. The molecule has 0 spiro atoms. The van der Waals surface area contributed by atoms with Crippen molar-refractivity contribution in [1.82, 2.24) is 9.88 Å². The van der Waals surface area contributed by atoms with Gasteiger partial charge < -0.3 is 10.0 Å². The number of likely N-dealkylation sites (N-methyl/N-ethyl adjacent to an activating group) is 1. The monoisotopic (exact) mass is 311 g/mol. The minimum absolute atomic E-state index is 0.415. The van der Waals surface area contributed by atoms with Crippen LogP contribution < -0.4 is 4.90 Å². The summed E-state index contributed by atoms with van der Waals surface area (Å²) < 4.78 is 0. The fourth-order valence-corrected chi connectivity index (χ4v) is 3.99. The fraction of sp³-hybridized carbons (Fsp3) is 0.733. The average molecular weight is 311 g/mol. The van der Waals surface area contributed by atoms with E-state index in [0.717, 1.165) is 56.3 Å². The van der Waals surface area contributed by atoms with E-state index in [2.05, 4.69) is 35.6 Å². The number of carboxylic acid groups (broad SMARTS) is 1. The Hall–Kier alpha value is -1.14. The summed E-state index contributed by atoms with van der Waals surface area (Å²) in [6, 6.07) is 0.562. The van der Waals surface area contributed by atoms with Crippen LogP contribution in [0.15, 0.2) is 0 Å². The molecule has 6 heteroatoms. The average Bonchev–Trinajstić information content (AvgIpc) is 3.07. The van der Waals surface area contributed by atoms with Crippen LogP contribution in [0, 0.1) is 0 Å². The first-order valence-electron chi connectivity index (χ1n) is 7.82. The first-order valence-corrected chi connectivity index (χ1v) is 8.64. The van der Waals surface area contributed by atoms with Gasteiger partial charge in [0.05, 0.1) is 5.69 Å². The molecule has 21 heavy (non-hydrogen) atoms. The molecule has 0 aromatic carbocycles. The second kappa shape index (κ2) is 7.22. The Morgan fingerprint density at radius 1 is 1.43 bits per heavy atom. The molecule has 1 aliphatic rings. The van der Waals surface area contributed by atoms with Gasteiger partial charge in [-0.3, -0.25) is 4.90 Å². The molecule has 0 radical (unpaired) electrons. The summed E-state index contributed by atoms with van der Waals surface area (Å²) >= 11 is 1.33. The van der Waals surface area contributed by atoms with Gasteiger partial charge in [0.15, 0.2) is 5.13 Å². The summed E-state index contributed by atoms with van der Waals surface area (Å²) in [7, 11) is 0. The van der Waals surface area contributed by atoms with Gasteiger partial charge in [-0.15, -0.1) is 0 Å². The van der Waals surface area contributed by atoms with Gasteiger partial charge in [-0.25, -0.2) is 9.78 Å². The third-order valence-electron chi connectivity index (χ3n) is 4.13. The van der Waals surface area contributed by atoms with E-state index in [0.29, 0.717) is 10.9 Å². The number of aryl methyl sites for hydroxylation is 1. The smallest absolute Gasteiger partial charge is 0.347 e. The Morgan fingerprint density at radius 2 is 2.14 bits per heavy atom. The zero-order valence-corrected chi connectivity index (χ0v) is 13.9. The van der Waals surface area contributed by atoms with Crippen molar-refractivity contribution < 1.29 is 9.90 Å². The molecule has 1 saturated heterocycles. The maximum atomic E-state index is 11.3. The van der Waals surface area contributed by atoms with Crippen molar-refractivity contribution in [3.05, 3.63) is 10.6 Å².